The van der Waals surface area contributed by atoms with Crippen molar-refractivity contribution in [2.24, 2.45) is 0 Å². The summed E-state index contributed by atoms with van der Waals surface area (Å²) in [5, 5.41) is 8.68. The quantitative estimate of drug-likeness (QED) is 0.536. The van der Waals surface area contributed by atoms with Gasteiger partial charge in [0.05, 0.1) is 11.4 Å². The van der Waals surface area contributed by atoms with Gasteiger partial charge in [0.2, 0.25) is 0 Å². The molecule has 7 nitrogen and oxygen atoms in total. The van der Waals surface area contributed by atoms with Crippen molar-refractivity contribution in [1.29, 1.82) is 0 Å². The van der Waals surface area contributed by atoms with Crippen molar-refractivity contribution in [2.45, 2.75) is 18.9 Å². The lowest BCUT2D eigenvalue weighted by molar-refractivity contribution is 0.354. The number of hydrogen-bond donors (Lipinski definition) is 2. The number of hydrogen-bond acceptors (Lipinski definition) is 6. The number of fused-ring (bicyclic) bond motifs is 1. The van der Waals surface area contributed by atoms with Crippen LogP contribution in [-0.2, 0) is 0 Å². The van der Waals surface area contributed by atoms with E-state index in [-0.39, 0.29) is 11.9 Å². The highest BCUT2D eigenvalue weighted by molar-refractivity contribution is 5.98. The Balaban J connectivity index is 1.57. The van der Waals surface area contributed by atoms with Crippen molar-refractivity contribution in [3.63, 3.8) is 0 Å². The Morgan fingerprint density at radius 3 is 2.73 bits per heavy atom. The van der Waals surface area contributed by atoms with Gasteiger partial charge in [0.25, 0.3) is 0 Å². The molecule has 1 aliphatic rings. The number of benzene rings is 2. The number of anilines is 1. The fourth-order valence-electron chi connectivity index (χ4n) is 3.86. The lowest BCUT2D eigenvalue weighted by Crippen LogP contribution is -2.32. The fourth-order valence-corrected chi connectivity index (χ4v) is 3.86. The summed E-state index contributed by atoms with van der Waals surface area (Å²) in [7, 11) is 0. The van der Waals surface area contributed by atoms with Gasteiger partial charge in [-0.15, -0.1) is 0 Å². The normalized spacial score (nSPS) is 16.6. The average molecular weight is 404 g/mol. The van der Waals surface area contributed by atoms with Crippen molar-refractivity contribution >= 4 is 16.9 Å². The topological polar surface area (TPSA) is 90.9 Å². The standard InChI is InChI=1S/C22H21FN6O/c23-18-11-16(30-15-6-2-1-3-7-15)8-9-17(18)20-19-21(24)26-13-27-22(19)29(28-20)14-5-4-10-25-12-14/h1-3,6-9,11,13-14,25H,4-5,10,12H2,(H2,24,26,27). The van der Waals surface area contributed by atoms with Gasteiger partial charge in [0, 0.05) is 18.2 Å². The van der Waals surface area contributed by atoms with Crippen molar-refractivity contribution < 1.29 is 9.13 Å². The van der Waals surface area contributed by atoms with Gasteiger partial charge < -0.3 is 15.8 Å². The van der Waals surface area contributed by atoms with E-state index >= 15 is 4.39 Å². The van der Waals surface area contributed by atoms with E-state index in [1.54, 1.807) is 12.1 Å². The average Bonchev–Trinajstić information content (AvgIpc) is 3.16. The first kappa shape index (κ1) is 18.5. The van der Waals surface area contributed by atoms with Gasteiger partial charge in [-0.05, 0) is 43.7 Å². The van der Waals surface area contributed by atoms with Gasteiger partial charge in [-0.3, -0.25) is 0 Å². The van der Waals surface area contributed by atoms with Crippen molar-refractivity contribution in [3.05, 3.63) is 60.7 Å². The molecule has 5 rings (SSSR count). The SMILES string of the molecule is Nc1ncnc2c1c(-c1ccc(Oc3ccccc3)cc1F)nn2C1CCCNC1. The lowest BCUT2D eigenvalue weighted by atomic mass is 10.1. The van der Waals surface area contributed by atoms with E-state index < -0.39 is 5.82 Å². The predicted octanol–water partition coefficient (Wildman–Crippen LogP) is 3.93. The first-order chi connectivity index (χ1) is 14.7. The summed E-state index contributed by atoms with van der Waals surface area (Å²) in [6, 6.07) is 14.1. The van der Waals surface area contributed by atoms with Crippen LogP contribution in [0.15, 0.2) is 54.9 Å². The van der Waals surface area contributed by atoms with Gasteiger partial charge in [0.15, 0.2) is 5.65 Å². The molecule has 152 valence electrons. The number of ether oxygens (including phenoxy) is 1. The van der Waals surface area contributed by atoms with Crippen LogP contribution in [0.5, 0.6) is 11.5 Å². The molecule has 2 aromatic heterocycles. The molecule has 0 bridgehead atoms. The molecule has 0 amide bonds. The Hall–Kier alpha value is -3.52. The van der Waals surface area contributed by atoms with E-state index in [0.717, 1.165) is 25.9 Å². The first-order valence-corrected chi connectivity index (χ1v) is 9.93. The van der Waals surface area contributed by atoms with Crippen LogP contribution >= 0.6 is 0 Å². The molecule has 3 N–H and O–H groups in total. The summed E-state index contributed by atoms with van der Waals surface area (Å²) in [6.45, 7) is 1.77. The van der Waals surface area contributed by atoms with Crippen LogP contribution in [-0.4, -0.2) is 32.8 Å². The van der Waals surface area contributed by atoms with Gasteiger partial charge in [-0.1, -0.05) is 18.2 Å². The minimum atomic E-state index is -0.444. The second kappa shape index (κ2) is 7.72. The monoisotopic (exact) mass is 404 g/mol. The predicted molar refractivity (Wildman–Crippen MR) is 113 cm³/mol. The summed E-state index contributed by atoms with van der Waals surface area (Å²) in [4.78, 5) is 8.51. The molecule has 4 aromatic rings. The number of para-hydroxylation sites is 1. The van der Waals surface area contributed by atoms with Crippen molar-refractivity contribution in [1.82, 2.24) is 25.1 Å². The summed E-state index contributed by atoms with van der Waals surface area (Å²) >= 11 is 0. The first-order valence-electron chi connectivity index (χ1n) is 9.93. The lowest BCUT2D eigenvalue weighted by Gasteiger charge is -2.23. The number of nitrogens with two attached hydrogens (primary N) is 1. The zero-order valence-electron chi connectivity index (χ0n) is 16.3. The van der Waals surface area contributed by atoms with Crippen LogP contribution in [0.2, 0.25) is 0 Å². The molecule has 30 heavy (non-hydrogen) atoms. The Morgan fingerprint density at radius 2 is 1.97 bits per heavy atom. The molecule has 0 saturated carbocycles. The third kappa shape index (κ3) is 3.35. The zero-order valence-corrected chi connectivity index (χ0v) is 16.3. The number of nitrogen functional groups attached to an aromatic ring is 1. The third-order valence-corrected chi connectivity index (χ3v) is 5.31. The maximum atomic E-state index is 15.1. The van der Waals surface area contributed by atoms with E-state index in [9.17, 15) is 0 Å². The Kier molecular flexibility index (Phi) is 4.76. The van der Waals surface area contributed by atoms with Crippen molar-refractivity contribution in [2.75, 3.05) is 18.8 Å². The highest BCUT2D eigenvalue weighted by Crippen LogP contribution is 2.35. The van der Waals surface area contributed by atoms with Crippen LogP contribution in [0.3, 0.4) is 0 Å². The molecule has 3 heterocycles. The Morgan fingerprint density at radius 1 is 1.10 bits per heavy atom. The number of nitrogens with zero attached hydrogens (tertiary/aromatic N) is 4. The minimum Gasteiger partial charge on any atom is -0.457 e. The minimum absolute atomic E-state index is 0.132. The molecule has 0 radical (unpaired) electrons. The maximum absolute atomic E-state index is 15.1. The number of nitrogens with one attached hydrogen (secondary N) is 1. The molecule has 1 saturated heterocycles. The summed E-state index contributed by atoms with van der Waals surface area (Å²) in [5.41, 5.74) is 7.55. The van der Waals surface area contributed by atoms with Crippen LogP contribution in [0.4, 0.5) is 10.2 Å². The van der Waals surface area contributed by atoms with Crippen LogP contribution in [0.1, 0.15) is 18.9 Å². The number of piperidine rings is 1. The third-order valence-electron chi connectivity index (χ3n) is 5.31. The number of halogens is 1. The molecular formula is C22H21FN6O. The Bertz CT molecular complexity index is 1190. The molecule has 1 fully saturated rings. The van der Waals surface area contributed by atoms with Crippen LogP contribution in [0, 0.1) is 5.82 Å². The molecule has 1 aliphatic heterocycles. The van der Waals surface area contributed by atoms with E-state index in [2.05, 4.69) is 15.3 Å². The van der Waals surface area contributed by atoms with Crippen molar-refractivity contribution in [3.8, 4) is 22.8 Å². The van der Waals surface area contributed by atoms with Crippen LogP contribution < -0.4 is 15.8 Å². The number of rotatable bonds is 4. The van der Waals surface area contributed by atoms with Crippen LogP contribution in [0.25, 0.3) is 22.3 Å². The summed E-state index contributed by atoms with van der Waals surface area (Å²) in [5.74, 6) is 0.891. The molecule has 1 unspecified atom stereocenters. The molecule has 1 atom stereocenters. The van der Waals surface area contributed by atoms with E-state index in [1.807, 2.05) is 35.0 Å². The van der Waals surface area contributed by atoms with Gasteiger partial charge in [-0.25, -0.2) is 19.0 Å². The molecule has 0 aliphatic carbocycles. The summed E-state index contributed by atoms with van der Waals surface area (Å²) < 4.78 is 22.7. The number of aromatic nitrogens is 4. The van der Waals surface area contributed by atoms with E-state index in [1.165, 1.54) is 12.4 Å². The second-order valence-electron chi connectivity index (χ2n) is 7.31. The fraction of sp³-hybridized carbons (Fsp3) is 0.227. The van der Waals surface area contributed by atoms with Gasteiger partial charge >= 0.3 is 0 Å². The molecule has 2 aromatic carbocycles. The zero-order chi connectivity index (χ0) is 20.5. The largest absolute Gasteiger partial charge is 0.457 e. The molecular weight excluding hydrogens is 383 g/mol. The highest BCUT2D eigenvalue weighted by atomic mass is 19.1. The van der Waals surface area contributed by atoms with E-state index in [4.69, 9.17) is 15.6 Å². The molecule has 8 heteroatoms. The Labute approximate surface area is 172 Å². The van der Waals surface area contributed by atoms with Gasteiger partial charge in [-0.2, -0.15) is 5.10 Å². The smallest absolute Gasteiger partial charge is 0.164 e. The highest BCUT2D eigenvalue weighted by Gasteiger charge is 2.24. The van der Waals surface area contributed by atoms with E-state index in [0.29, 0.717) is 33.8 Å². The maximum Gasteiger partial charge on any atom is 0.164 e. The second-order valence-corrected chi connectivity index (χ2v) is 7.31. The summed E-state index contributed by atoms with van der Waals surface area (Å²) in [6.07, 6.45) is 3.43. The molecule has 0 spiro atoms. The van der Waals surface area contributed by atoms with Gasteiger partial charge in [0.1, 0.15) is 35.2 Å².